The van der Waals surface area contributed by atoms with E-state index in [2.05, 4.69) is 0 Å². The van der Waals surface area contributed by atoms with E-state index < -0.39 is 17.4 Å². The third kappa shape index (κ3) is 1.95. The lowest BCUT2D eigenvalue weighted by Crippen LogP contribution is -2.52. The fraction of sp³-hybridized carbons (Fsp3) is 0.667. The number of nitrogens with zero attached hydrogens (tertiary/aromatic N) is 1. The van der Waals surface area contributed by atoms with E-state index in [4.69, 9.17) is 4.74 Å². The van der Waals surface area contributed by atoms with Crippen molar-refractivity contribution < 1.29 is 23.9 Å². The summed E-state index contributed by atoms with van der Waals surface area (Å²) in [5.74, 6) is -1.34. The maximum atomic E-state index is 12.8. The van der Waals surface area contributed by atoms with Crippen molar-refractivity contribution in [2.45, 2.75) is 64.0 Å². The Morgan fingerprint density at radius 3 is 2.17 bits per heavy atom. The molecular weight excluding hydrogens is 310 g/mol. The molecule has 3 atom stereocenters. The van der Waals surface area contributed by atoms with Crippen LogP contribution in [0.2, 0.25) is 0 Å². The summed E-state index contributed by atoms with van der Waals surface area (Å²) in [5.41, 5.74) is -0.625. The summed E-state index contributed by atoms with van der Waals surface area (Å²) in [6, 6.07) is -0.783. The Hall–Kier alpha value is -1.98. The average molecular weight is 331 g/mol. The van der Waals surface area contributed by atoms with Crippen molar-refractivity contribution in [3.05, 3.63) is 11.3 Å². The number of hydrogen-bond acceptors (Lipinski definition) is 5. The molecule has 0 aromatic rings. The Kier molecular flexibility index (Phi) is 3.24. The second-order valence-electron chi connectivity index (χ2n) is 7.73. The predicted octanol–water partition coefficient (Wildman–Crippen LogP) is 1.53. The first-order valence-corrected chi connectivity index (χ1v) is 8.69. The first-order valence-electron chi connectivity index (χ1n) is 8.69. The molecule has 1 saturated carbocycles. The van der Waals surface area contributed by atoms with E-state index in [1.54, 1.807) is 13.8 Å². The molecule has 2 amide bonds. The van der Waals surface area contributed by atoms with Crippen molar-refractivity contribution in [1.82, 2.24) is 4.90 Å². The van der Waals surface area contributed by atoms with Crippen molar-refractivity contribution in [2.24, 2.45) is 11.8 Å². The number of likely N-dealkylation sites (tertiary alicyclic amines) is 1. The Labute approximate surface area is 140 Å². The van der Waals surface area contributed by atoms with Gasteiger partial charge in [-0.05, 0) is 26.7 Å². The Morgan fingerprint density at radius 2 is 1.54 bits per heavy atom. The third-order valence-corrected chi connectivity index (χ3v) is 5.83. The number of ether oxygens (including phenoxy) is 1. The molecule has 24 heavy (non-hydrogen) atoms. The zero-order chi connectivity index (χ0) is 17.2. The maximum absolute atomic E-state index is 12.8. The zero-order valence-corrected chi connectivity index (χ0v) is 14.0. The molecule has 2 aliphatic carbocycles. The number of carbonyl (C=O) groups excluding carboxylic acids is 4. The van der Waals surface area contributed by atoms with Gasteiger partial charge in [-0.25, -0.2) is 0 Å². The molecule has 0 aromatic heterocycles. The van der Waals surface area contributed by atoms with Crippen molar-refractivity contribution in [2.75, 3.05) is 0 Å². The molecule has 4 rings (SSSR count). The van der Waals surface area contributed by atoms with Gasteiger partial charge in [0, 0.05) is 24.7 Å². The van der Waals surface area contributed by atoms with Gasteiger partial charge in [-0.2, -0.15) is 0 Å². The second kappa shape index (κ2) is 5.01. The molecule has 6 nitrogen and oxygen atoms in total. The highest BCUT2D eigenvalue weighted by molar-refractivity contribution is 6.45. The molecule has 0 aromatic carbocycles. The minimum atomic E-state index is -0.886. The Balaban J connectivity index is 1.84. The molecule has 4 aliphatic rings. The average Bonchev–Trinajstić information content (AvgIpc) is 3.01. The largest absolute Gasteiger partial charge is 0.489 e. The summed E-state index contributed by atoms with van der Waals surface area (Å²) >= 11 is 0. The fourth-order valence-corrected chi connectivity index (χ4v) is 4.77. The van der Waals surface area contributed by atoms with E-state index in [9.17, 15) is 19.2 Å². The monoisotopic (exact) mass is 331 g/mol. The highest BCUT2D eigenvalue weighted by atomic mass is 16.5. The summed E-state index contributed by atoms with van der Waals surface area (Å²) in [6.07, 6.45) is 3.77. The van der Waals surface area contributed by atoms with Gasteiger partial charge in [-0.3, -0.25) is 24.1 Å². The standard InChI is InChI=1S/C18H21NO5/c1-18(2)17(19-11(20)7-8-12(19)21)13-15(23)14(22)9-5-3-4-6-10(9)16(13)24-18/h9-10,17H,3-8H2,1-2H3. The quantitative estimate of drug-likeness (QED) is 0.537. The van der Waals surface area contributed by atoms with E-state index in [1.807, 2.05) is 0 Å². The molecule has 2 heterocycles. The summed E-state index contributed by atoms with van der Waals surface area (Å²) < 4.78 is 6.12. The number of allylic oxidation sites excluding steroid dienone is 1. The Morgan fingerprint density at radius 1 is 0.958 bits per heavy atom. The SMILES string of the molecule is CC1(C)OC2=C(C(=O)C(=O)C3CCCCC23)C1N1C(=O)CCC1=O. The van der Waals surface area contributed by atoms with E-state index >= 15 is 0 Å². The van der Waals surface area contributed by atoms with Crippen LogP contribution < -0.4 is 0 Å². The molecule has 0 spiro atoms. The van der Waals surface area contributed by atoms with Crippen LogP contribution in [0.5, 0.6) is 0 Å². The zero-order valence-electron chi connectivity index (χ0n) is 14.0. The smallest absolute Gasteiger partial charge is 0.230 e. The van der Waals surface area contributed by atoms with Crippen LogP contribution in [0.15, 0.2) is 11.3 Å². The minimum Gasteiger partial charge on any atom is -0.489 e. The van der Waals surface area contributed by atoms with Gasteiger partial charge < -0.3 is 4.74 Å². The molecule has 3 unspecified atom stereocenters. The van der Waals surface area contributed by atoms with E-state index in [-0.39, 0.29) is 47.8 Å². The van der Waals surface area contributed by atoms with Gasteiger partial charge in [-0.15, -0.1) is 0 Å². The van der Waals surface area contributed by atoms with Gasteiger partial charge in [0.25, 0.3) is 0 Å². The number of carbonyl (C=O) groups is 4. The van der Waals surface area contributed by atoms with Crippen molar-refractivity contribution in [3.63, 3.8) is 0 Å². The van der Waals surface area contributed by atoms with Gasteiger partial charge in [0.2, 0.25) is 23.4 Å². The summed E-state index contributed by atoms with van der Waals surface area (Å²) in [4.78, 5) is 51.0. The van der Waals surface area contributed by atoms with Crippen molar-refractivity contribution >= 4 is 23.4 Å². The van der Waals surface area contributed by atoms with Gasteiger partial charge in [0.15, 0.2) is 0 Å². The van der Waals surface area contributed by atoms with Crippen LogP contribution in [-0.4, -0.2) is 39.9 Å². The summed E-state index contributed by atoms with van der Waals surface area (Å²) in [7, 11) is 0. The van der Waals surface area contributed by atoms with Crippen LogP contribution in [0, 0.1) is 11.8 Å². The number of hydrogen-bond donors (Lipinski definition) is 0. The van der Waals surface area contributed by atoms with Crippen LogP contribution in [-0.2, 0) is 23.9 Å². The normalized spacial score (nSPS) is 35.2. The highest BCUT2D eigenvalue weighted by Crippen LogP contribution is 2.50. The molecule has 2 fully saturated rings. The topological polar surface area (TPSA) is 80.8 Å². The third-order valence-electron chi connectivity index (χ3n) is 5.83. The number of ketones is 2. The Bertz CT molecular complexity index is 688. The van der Waals surface area contributed by atoms with E-state index in [1.165, 1.54) is 0 Å². The van der Waals surface area contributed by atoms with E-state index in [0.717, 1.165) is 24.2 Å². The predicted molar refractivity (Wildman–Crippen MR) is 82.5 cm³/mol. The number of amides is 2. The minimum absolute atomic E-state index is 0.0870. The fourth-order valence-electron chi connectivity index (χ4n) is 4.77. The first kappa shape index (κ1) is 15.5. The molecule has 0 N–H and O–H groups in total. The van der Waals surface area contributed by atoms with Gasteiger partial charge >= 0.3 is 0 Å². The van der Waals surface area contributed by atoms with Gasteiger partial charge in [-0.1, -0.05) is 12.8 Å². The number of rotatable bonds is 1. The van der Waals surface area contributed by atoms with Crippen molar-refractivity contribution in [3.8, 4) is 0 Å². The lowest BCUT2D eigenvalue weighted by Gasteiger charge is -2.34. The maximum Gasteiger partial charge on any atom is 0.230 e. The molecule has 1 saturated heterocycles. The number of Topliss-reactive ketones (excluding diaryl/α,β-unsaturated/α-hetero) is 2. The molecule has 2 aliphatic heterocycles. The second-order valence-corrected chi connectivity index (χ2v) is 7.73. The van der Waals surface area contributed by atoms with Crippen LogP contribution in [0.1, 0.15) is 52.4 Å². The number of fused-ring (bicyclic) bond motifs is 2. The summed E-state index contributed by atoms with van der Waals surface area (Å²) in [5, 5.41) is 0. The molecule has 0 bridgehead atoms. The van der Waals surface area contributed by atoms with Crippen LogP contribution in [0.3, 0.4) is 0 Å². The molecule has 0 radical (unpaired) electrons. The molecule has 6 heteroatoms. The lowest BCUT2D eigenvalue weighted by atomic mass is 9.69. The van der Waals surface area contributed by atoms with E-state index in [0.29, 0.717) is 12.2 Å². The molecule has 128 valence electrons. The van der Waals surface area contributed by atoms with Gasteiger partial charge in [0.05, 0.1) is 5.57 Å². The van der Waals surface area contributed by atoms with Crippen LogP contribution >= 0.6 is 0 Å². The summed E-state index contributed by atoms with van der Waals surface area (Å²) in [6.45, 7) is 3.56. The van der Waals surface area contributed by atoms with Crippen molar-refractivity contribution in [1.29, 1.82) is 0 Å². The van der Waals surface area contributed by atoms with Crippen LogP contribution in [0.25, 0.3) is 0 Å². The molecular formula is C18H21NO5. The first-order chi connectivity index (χ1) is 11.3. The number of imide groups is 1. The van der Waals surface area contributed by atoms with Gasteiger partial charge in [0.1, 0.15) is 17.4 Å². The van der Waals surface area contributed by atoms with Crippen LogP contribution in [0.4, 0.5) is 0 Å². The lowest BCUT2D eigenvalue weighted by molar-refractivity contribution is -0.145. The highest BCUT2D eigenvalue weighted by Gasteiger charge is 2.59.